The van der Waals surface area contributed by atoms with Crippen LogP contribution in [0, 0.1) is 0 Å². The van der Waals surface area contributed by atoms with Gasteiger partial charge in [-0.15, -0.1) is 10.2 Å². The third-order valence-corrected chi connectivity index (χ3v) is 5.85. The van der Waals surface area contributed by atoms with Crippen molar-refractivity contribution >= 4 is 11.6 Å². The summed E-state index contributed by atoms with van der Waals surface area (Å²) in [4.78, 5) is 13.0. The molecule has 158 valence electrons. The van der Waals surface area contributed by atoms with Gasteiger partial charge in [-0.2, -0.15) is 5.10 Å². The van der Waals surface area contributed by atoms with Gasteiger partial charge in [0, 0.05) is 18.6 Å². The Morgan fingerprint density at radius 2 is 2.00 bits per heavy atom. The van der Waals surface area contributed by atoms with Crippen molar-refractivity contribution in [1.82, 2.24) is 29.7 Å². The van der Waals surface area contributed by atoms with Crippen LogP contribution in [0.25, 0.3) is 11.3 Å². The highest BCUT2D eigenvalue weighted by molar-refractivity contribution is 6.00. The summed E-state index contributed by atoms with van der Waals surface area (Å²) in [5, 5.41) is 25.6. The maximum atomic E-state index is 13.0. The summed E-state index contributed by atoms with van der Waals surface area (Å²) in [5.74, 6) is -0.222. The largest absolute Gasteiger partial charge is 0.391 e. The van der Waals surface area contributed by atoms with Crippen LogP contribution in [-0.4, -0.2) is 47.5 Å². The van der Waals surface area contributed by atoms with Crippen molar-refractivity contribution in [1.29, 1.82) is 0 Å². The minimum absolute atomic E-state index is 0.220. The molecular formula is C23H24N6O2. The van der Waals surface area contributed by atoms with E-state index < -0.39 is 6.10 Å². The molecule has 5 rings (SSSR count). The molecule has 1 amide bonds. The first-order valence-electron chi connectivity index (χ1n) is 10.6. The fraction of sp³-hybridized carbons (Fsp3) is 0.304. The molecule has 8 heteroatoms. The normalized spacial score (nSPS) is 18.9. The monoisotopic (exact) mass is 416 g/mol. The standard InChI is InChI=1S/C23H24N6O2/c30-21-5-2-1-4-20(21)26-23(31)19-13-17(14-28-15-24-27-22(19)28)12-16-6-8-18(9-7-16)29-11-3-10-25-29/h3,6-11,13-15,20-21,30H,1-2,4-5,12H2,(H,26,31)/t20-,21-/m0/s1. The second-order valence-corrected chi connectivity index (χ2v) is 8.05. The molecule has 8 nitrogen and oxygen atoms in total. The van der Waals surface area contributed by atoms with Gasteiger partial charge in [0.05, 0.1) is 23.4 Å². The lowest BCUT2D eigenvalue weighted by atomic mass is 9.92. The van der Waals surface area contributed by atoms with E-state index >= 15 is 0 Å². The number of benzene rings is 1. The van der Waals surface area contributed by atoms with Gasteiger partial charge in [-0.1, -0.05) is 25.0 Å². The number of carbonyl (C=O) groups excluding carboxylic acids is 1. The first-order chi connectivity index (χ1) is 15.2. The average Bonchev–Trinajstić information content (AvgIpc) is 3.47. The maximum Gasteiger partial charge on any atom is 0.255 e. The topological polar surface area (TPSA) is 97.3 Å². The summed E-state index contributed by atoms with van der Waals surface area (Å²) in [7, 11) is 0. The highest BCUT2D eigenvalue weighted by Crippen LogP contribution is 2.21. The van der Waals surface area contributed by atoms with Crippen LogP contribution in [-0.2, 0) is 6.42 Å². The molecule has 3 aromatic heterocycles. The average molecular weight is 416 g/mol. The lowest BCUT2D eigenvalue weighted by Crippen LogP contribution is -2.45. The fourth-order valence-electron chi connectivity index (χ4n) is 4.21. The SMILES string of the molecule is O=C(N[C@H]1CCCC[C@@H]1O)c1cc(Cc2ccc(-n3cccn3)cc2)cn2cnnc12. The van der Waals surface area contributed by atoms with Crippen LogP contribution in [0.3, 0.4) is 0 Å². The number of aliphatic hydroxyl groups is 1. The number of hydrogen-bond donors (Lipinski definition) is 2. The zero-order chi connectivity index (χ0) is 21.2. The number of nitrogens with zero attached hydrogens (tertiary/aromatic N) is 5. The second-order valence-electron chi connectivity index (χ2n) is 8.05. The van der Waals surface area contributed by atoms with Crippen molar-refractivity contribution in [2.24, 2.45) is 0 Å². The van der Waals surface area contributed by atoms with Crippen molar-refractivity contribution in [3.8, 4) is 5.69 Å². The molecule has 3 heterocycles. The Morgan fingerprint density at radius 3 is 2.77 bits per heavy atom. The predicted octanol–water partition coefficient (Wildman–Crippen LogP) is 2.54. The molecule has 0 aliphatic heterocycles. The molecule has 0 radical (unpaired) electrons. The van der Waals surface area contributed by atoms with E-state index in [2.05, 4.69) is 32.7 Å². The summed E-state index contributed by atoms with van der Waals surface area (Å²) in [6.07, 6.45) is 10.9. The van der Waals surface area contributed by atoms with Gasteiger partial charge in [0.1, 0.15) is 6.33 Å². The first-order valence-corrected chi connectivity index (χ1v) is 10.6. The van der Waals surface area contributed by atoms with Gasteiger partial charge in [-0.3, -0.25) is 9.20 Å². The van der Waals surface area contributed by atoms with Gasteiger partial charge in [-0.25, -0.2) is 4.68 Å². The number of pyridine rings is 1. The Hall–Kier alpha value is -3.52. The zero-order valence-electron chi connectivity index (χ0n) is 17.1. The van der Waals surface area contributed by atoms with Crippen molar-refractivity contribution < 1.29 is 9.90 Å². The molecule has 2 N–H and O–H groups in total. The Morgan fingerprint density at radius 1 is 1.16 bits per heavy atom. The van der Waals surface area contributed by atoms with Crippen molar-refractivity contribution in [2.45, 2.75) is 44.2 Å². The molecule has 1 aromatic carbocycles. The Bertz CT molecular complexity index is 1180. The van der Waals surface area contributed by atoms with Gasteiger partial charge in [0.2, 0.25) is 0 Å². The van der Waals surface area contributed by atoms with E-state index in [0.29, 0.717) is 17.6 Å². The molecule has 31 heavy (non-hydrogen) atoms. The zero-order valence-corrected chi connectivity index (χ0v) is 17.1. The van der Waals surface area contributed by atoms with Crippen LogP contribution in [0.15, 0.2) is 61.3 Å². The van der Waals surface area contributed by atoms with Crippen LogP contribution >= 0.6 is 0 Å². The molecule has 1 saturated carbocycles. The maximum absolute atomic E-state index is 13.0. The molecule has 0 bridgehead atoms. The van der Waals surface area contributed by atoms with E-state index in [1.807, 2.05) is 41.3 Å². The number of nitrogens with one attached hydrogen (secondary N) is 1. The second kappa shape index (κ2) is 8.31. The first kappa shape index (κ1) is 19.4. The molecule has 4 aromatic rings. The number of fused-ring (bicyclic) bond motifs is 1. The lowest BCUT2D eigenvalue weighted by molar-refractivity contribution is 0.0718. The summed E-state index contributed by atoms with van der Waals surface area (Å²) in [6, 6.07) is 11.7. The van der Waals surface area contributed by atoms with Crippen molar-refractivity contribution in [3.63, 3.8) is 0 Å². The van der Waals surface area contributed by atoms with Gasteiger partial charge in [-0.05, 0) is 54.7 Å². The van der Waals surface area contributed by atoms with Gasteiger partial charge >= 0.3 is 0 Å². The predicted molar refractivity (Wildman–Crippen MR) is 115 cm³/mol. The van der Waals surface area contributed by atoms with Gasteiger partial charge < -0.3 is 10.4 Å². The number of rotatable bonds is 5. The van der Waals surface area contributed by atoms with Crippen LogP contribution in [0.1, 0.15) is 47.2 Å². The summed E-state index contributed by atoms with van der Waals surface area (Å²) < 4.78 is 3.59. The highest BCUT2D eigenvalue weighted by atomic mass is 16.3. The third-order valence-electron chi connectivity index (χ3n) is 5.85. The highest BCUT2D eigenvalue weighted by Gasteiger charge is 2.26. The third kappa shape index (κ3) is 4.06. The van der Waals surface area contributed by atoms with E-state index in [-0.39, 0.29) is 11.9 Å². The minimum Gasteiger partial charge on any atom is -0.391 e. The number of aromatic nitrogens is 5. The Kier molecular flexibility index (Phi) is 5.21. The number of carbonyl (C=O) groups is 1. The van der Waals surface area contributed by atoms with Crippen molar-refractivity contribution in [2.75, 3.05) is 0 Å². The molecule has 1 aliphatic rings. The van der Waals surface area contributed by atoms with Crippen LogP contribution in [0.2, 0.25) is 0 Å². The smallest absolute Gasteiger partial charge is 0.255 e. The summed E-state index contributed by atoms with van der Waals surface area (Å²) in [6.45, 7) is 0. The quantitative estimate of drug-likeness (QED) is 0.521. The number of amides is 1. The van der Waals surface area contributed by atoms with E-state index in [1.165, 1.54) is 0 Å². The molecule has 0 spiro atoms. The number of hydrogen-bond acceptors (Lipinski definition) is 5. The minimum atomic E-state index is -0.497. The fourth-order valence-corrected chi connectivity index (χ4v) is 4.21. The summed E-state index contributed by atoms with van der Waals surface area (Å²) in [5.41, 5.74) is 4.08. The molecular weight excluding hydrogens is 392 g/mol. The van der Waals surface area contributed by atoms with E-state index in [1.54, 1.807) is 16.9 Å². The molecule has 2 atom stereocenters. The lowest BCUT2D eigenvalue weighted by Gasteiger charge is -2.28. The number of aliphatic hydroxyl groups excluding tert-OH is 1. The molecule has 1 fully saturated rings. The summed E-state index contributed by atoms with van der Waals surface area (Å²) >= 11 is 0. The molecule has 0 unspecified atom stereocenters. The van der Waals surface area contributed by atoms with E-state index in [0.717, 1.165) is 42.5 Å². The van der Waals surface area contributed by atoms with Crippen molar-refractivity contribution in [3.05, 3.63) is 78.0 Å². The molecule has 1 aliphatic carbocycles. The van der Waals surface area contributed by atoms with E-state index in [9.17, 15) is 9.90 Å². The molecule has 0 saturated heterocycles. The van der Waals surface area contributed by atoms with Crippen LogP contribution < -0.4 is 5.32 Å². The Labute approximate surface area is 179 Å². The Balaban J connectivity index is 1.39. The van der Waals surface area contributed by atoms with E-state index in [4.69, 9.17) is 0 Å². The van der Waals surface area contributed by atoms with Crippen LogP contribution in [0.4, 0.5) is 0 Å². The van der Waals surface area contributed by atoms with Gasteiger partial charge in [0.15, 0.2) is 5.65 Å². The van der Waals surface area contributed by atoms with Gasteiger partial charge in [0.25, 0.3) is 5.91 Å². The van der Waals surface area contributed by atoms with Crippen LogP contribution in [0.5, 0.6) is 0 Å².